The Morgan fingerprint density at radius 1 is 1.26 bits per heavy atom. The molecule has 2 aromatic heterocycles. The monoisotopic (exact) mass is 533 g/mol. The third kappa shape index (κ3) is 5.29. The van der Waals surface area contributed by atoms with Crippen molar-refractivity contribution in [2.75, 3.05) is 6.54 Å². The second kappa shape index (κ2) is 10.6. The number of aliphatic carboxylic acids is 1. The van der Waals surface area contributed by atoms with Crippen molar-refractivity contribution in [3.05, 3.63) is 86.1 Å². The summed E-state index contributed by atoms with van der Waals surface area (Å²) in [4.78, 5) is 28.7. The number of carbonyl (C=O) groups is 1. The van der Waals surface area contributed by atoms with Crippen molar-refractivity contribution in [2.45, 2.75) is 58.7 Å². The van der Waals surface area contributed by atoms with Crippen LogP contribution in [0.3, 0.4) is 0 Å². The maximum atomic E-state index is 13.9. The number of nitrogens with one attached hydrogen (secondary N) is 1. The van der Waals surface area contributed by atoms with Gasteiger partial charge in [-0.25, -0.2) is 9.07 Å². The topological polar surface area (TPSA) is 113 Å². The number of ether oxygens (including phenoxy) is 1. The number of rotatable bonds is 7. The highest BCUT2D eigenvalue weighted by atomic mass is 19.1. The highest BCUT2D eigenvalue weighted by Gasteiger charge is 2.26. The molecule has 1 unspecified atom stereocenters. The molecule has 204 valence electrons. The lowest BCUT2D eigenvalue weighted by atomic mass is 9.84. The lowest BCUT2D eigenvalue weighted by molar-refractivity contribution is -0.137. The van der Waals surface area contributed by atoms with E-state index in [0.717, 1.165) is 45.3 Å². The molecule has 0 aliphatic carbocycles. The van der Waals surface area contributed by atoms with Crippen molar-refractivity contribution >= 4 is 17.0 Å². The van der Waals surface area contributed by atoms with E-state index in [4.69, 9.17) is 4.74 Å². The van der Waals surface area contributed by atoms with E-state index in [0.29, 0.717) is 31.1 Å². The Bertz CT molecular complexity index is 1610. The number of benzene rings is 2. The summed E-state index contributed by atoms with van der Waals surface area (Å²) in [6.07, 6.45) is 0.492. The molecule has 9 nitrogen and oxygen atoms in total. The number of fused-ring (bicyclic) bond motifs is 2. The third-order valence-corrected chi connectivity index (χ3v) is 7.63. The van der Waals surface area contributed by atoms with Gasteiger partial charge in [0, 0.05) is 38.7 Å². The van der Waals surface area contributed by atoms with Gasteiger partial charge in [-0.15, -0.1) is 5.10 Å². The smallest absolute Gasteiger partial charge is 0.304 e. The summed E-state index contributed by atoms with van der Waals surface area (Å²) in [7, 11) is 1.83. The number of hydrogen-bond donors (Lipinski definition) is 2. The molecule has 0 amide bonds. The molecule has 1 aliphatic rings. The lowest BCUT2D eigenvalue weighted by Gasteiger charge is -2.25. The van der Waals surface area contributed by atoms with E-state index in [2.05, 4.69) is 26.3 Å². The van der Waals surface area contributed by atoms with Crippen molar-refractivity contribution in [1.29, 1.82) is 0 Å². The van der Waals surface area contributed by atoms with Crippen LogP contribution in [0.1, 0.15) is 59.2 Å². The van der Waals surface area contributed by atoms with Crippen LogP contribution >= 0.6 is 0 Å². The van der Waals surface area contributed by atoms with Crippen molar-refractivity contribution < 1.29 is 19.0 Å². The van der Waals surface area contributed by atoms with E-state index in [-0.39, 0.29) is 18.4 Å². The molecule has 0 radical (unpaired) electrons. The molecule has 3 heterocycles. The third-order valence-electron chi connectivity index (χ3n) is 7.63. The van der Waals surface area contributed by atoms with E-state index in [9.17, 15) is 19.1 Å². The summed E-state index contributed by atoms with van der Waals surface area (Å²) in [5.74, 6) is -1.75. The zero-order chi connectivity index (χ0) is 27.8. The van der Waals surface area contributed by atoms with Crippen molar-refractivity contribution in [3.8, 4) is 5.75 Å². The molecule has 2 atom stereocenters. The van der Waals surface area contributed by atoms with Gasteiger partial charge < -0.3 is 14.8 Å². The molecule has 0 bridgehead atoms. The number of halogens is 1. The van der Waals surface area contributed by atoms with Gasteiger partial charge in [0.15, 0.2) is 5.82 Å². The Hall–Kier alpha value is -4.05. The van der Waals surface area contributed by atoms with Crippen LogP contribution in [0, 0.1) is 19.7 Å². The lowest BCUT2D eigenvalue weighted by Crippen LogP contribution is -2.32. The normalized spacial score (nSPS) is 16.5. The number of pyridine rings is 1. The van der Waals surface area contributed by atoms with Crippen LogP contribution in [0.4, 0.5) is 4.39 Å². The summed E-state index contributed by atoms with van der Waals surface area (Å²) in [5.41, 5.74) is 6.27. The van der Waals surface area contributed by atoms with Crippen molar-refractivity contribution in [2.24, 2.45) is 7.05 Å². The number of nitrogens with zero attached hydrogens (tertiary/aromatic N) is 4. The maximum Gasteiger partial charge on any atom is 0.304 e. The van der Waals surface area contributed by atoms with Crippen LogP contribution in [0.15, 0.2) is 41.2 Å². The average Bonchev–Trinajstić information content (AvgIpc) is 3.19. The van der Waals surface area contributed by atoms with Crippen LogP contribution in [-0.2, 0) is 24.9 Å². The number of aromatic amines is 1. The molecule has 0 saturated carbocycles. The van der Waals surface area contributed by atoms with Gasteiger partial charge in [-0.3, -0.25) is 14.5 Å². The van der Waals surface area contributed by atoms with Gasteiger partial charge in [-0.1, -0.05) is 36.4 Å². The van der Waals surface area contributed by atoms with Crippen molar-refractivity contribution in [3.63, 3.8) is 0 Å². The predicted molar refractivity (Wildman–Crippen MR) is 144 cm³/mol. The second-order valence-corrected chi connectivity index (χ2v) is 10.3. The summed E-state index contributed by atoms with van der Waals surface area (Å²) < 4.78 is 21.7. The molecule has 0 spiro atoms. The summed E-state index contributed by atoms with van der Waals surface area (Å²) in [6, 6.07) is 11.2. The molecule has 4 aromatic rings. The van der Waals surface area contributed by atoms with Crippen molar-refractivity contribution in [1.82, 2.24) is 24.9 Å². The number of aromatic nitrogens is 4. The zero-order valence-electron chi connectivity index (χ0n) is 22.5. The molecule has 10 heteroatoms. The number of H-pyrrole nitrogens is 1. The summed E-state index contributed by atoms with van der Waals surface area (Å²) >= 11 is 0. The van der Waals surface area contributed by atoms with Crippen LogP contribution in [0.2, 0.25) is 0 Å². The Morgan fingerprint density at radius 3 is 2.79 bits per heavy atom. The zero-order valence-corrected chi connectivity index (χ0v) is 22.5. The van der Waals surface area contributed by atoms with Crippen LogP contribution in [0.25, 0.3) is 11.0 Å². The first kappa shape index (κ1) is 26.6. The molecule has 2 aromatic carbocycles. The van der Waals surface area contributed by atoms with E-state index in [1.807, 2.05) is 52.1 Å². The second-order valence-electron chi connectivity index (χ2n) is 10.3. The summed E-state index contributed by atoms with van der Waals surface area (Å²) in [5, 5.41) is 18.2. The maximum absolute atomic E-state index is 13.9. The fourth-order valence-corrected chi connectivity index (χ4v) is 5.40. The van der Waals surface area contributed by atoms with Gasteiger partial charge in [0.2, 0.25) is 0 Å². The summed E-state index contributed by atoms with van der Waals surface area (Å²) in [6.45, 7) is 7.54. The first-order valence-electron chi connectivity index (χ1n) is 13.0. The van der Waals surface area contributed by atoms with Gasteiger partial charge in [0.1, 0.15) is 17.4 Å². The molecule has 5 rings (SSSR count). The Kier molecular flexibility index (Phi) is 7.22. The van der Waals surface area contributed by atoms with Gasteiger partial charge >= 0.3 is 5.97 Å². The first-order chi connectivity index (χ1) is 18.6. The fourth-order valence-electron chi connectivity index (χ4n) is 5.40. The standard InChI is InChI=1S/C29H32FN5O4/c1-5-20-14-35(15-24-26(39-20)12-23(30)29(38)31-24)13-19-10-18(7-6-16(19)2)22(11-27(36)37)21-8-9-25-28(17(21)3)32-33-34(25)4/h6-10,12,20,22H,5,11,13-15H2,1-4H3,(H,31,38)(H,36,37)/t20-,22?/m1/s1. The molecular formula is C29H32FN5O4. The van der Waals surface area contributed by atoms with E-state index < -0.39 is 17.3 Å². The SMILES string of the molecule is CC[C@@H]1CN(Cc2cc(C(CC(=O)O)c3ccc4c(nnn4C)c3C)ccc2C)Cc2[nH]c(=O)c(F)cc2O1. The number of aryl methyl sites for hydroxylation is 3. The predicted octanol–water partition coefficient (Wildman–Crippen LogP) is 4.19. The highest BCUT2D eigenvalue weighted by Crippen LogP contribution is 2.35. The quantitative estimate of drug-likeness (QED) is 0.366. The van der Waals surface area contributed by atoms with Crippen LogP contribution in [0.5, 0.6) is 5.75 Å². The number of carboxylic acids is 1. The van der Waals surface area contributed by atoms with Crippen LogP contribution < -0.4 is 10.3 Å². The van der Waals surface area contributed by atoms with Gasteiger partial charge in [-0.2, -0.15) is 0 Å². The first-order valence-corrected chi connectivity index (χ1v) is 13.0. The van der Waals surface area contributed by atoms with E-state index in [1.165, 1.54) is 6.07 Å². The average molecular weight is 534 g/mol. The molecular weight excluding hydrogens is 501 g/mol. The Balaban J connectivity index is 1.50. The van der Waals surface area contributed by atoms with E-state index >= 15 is 0 Å². The largest absolute Gasteiger partial charge is 0.487 e. The minimum absolute atomic E-state index is 0.0647. The Labute approximate surface area is 225 Å². The molecule has 1 aliphatic heterocycles. The number of carboxylic acid groups (broad SMARTS) is 1. The molecule has 2 N–H and O–H groups in total. The minimum atomic E-state index is -0.885. The minimum Gasteiger partial charge on any atom is -0.487 e. The Morgan fingerprint density at radius 2 is 2.05 bits per heavy atom. The van der Waals surface area contributed by atoms with Gasteiger partial charge in [0.05, 0.1) is 17.6 Å². The molecule has 0 saturated heterocycles. The highest BCUT2D eigenvalue weighted by molar-refractivity contribution is 5.80. The molecule has 39 heavy (non-hydrogen) atoms. The number of hydrogen-bond acceptors (Lipinski definition) is 6. The van der Waals surface area contributed by atoms with Crippen LogP contribution in [-0.4, -0.2) is 48.6 Å². The van der Waals surface area contributed by atoms with E-state index in [1.54, 1.807) is 4.68 Å². The molecule has 0 fully saturated rings. The van der Waals surface area contributed by atoms with Gasteiger partial charge in [-0.05, 0) is 54.2 Å². The fraction of sp³-hybridized carbons (Fsp3) is 0.379. The van der Waals surface area contributed by atoms with Gasteiger partial charge in [0.25, 0.3) is 5.56 Å².